The molecule has 0 saturated heterocycles. The maximum atomic E-state index is 12.2. The van der Waals surface area contributed by atoms with Crippen LogP contribution in [-0.4, -0.2) is 41.8 Å². The van der Waals surface area contributed by atoms with Gasteiger partial charge in [-0.25, -0.2) is 22.7 Å². The summed E-state index contributed by atoms with van der Waals surface area (Å²) >= 11 is 1.39. The fourth-order valence-corrected chi connectivity index (χ4v) is 4.03. The molecule has 0 amide bonds. The van der Waals surface area contributed by atoms with E-state index in [-0.39, 0.29) is 15.7 Å². The van der Waals surface area contributed by atoms with Crippen molar-refractivity contribution in [3.63, 3.8) is 0 Å². The molecule has 2 aromatic heterocycles. The van der Waals surface area contributed by atoms with Gasteiger partial charge < -0.3 is 4.98 Å². The molecule has 0 radical (unpaired) electrons. The second-order valence-electron chi connectivity index (χ2n) is 5.85. The quantitative estimate of drug-likeness (QED) is 0.672. The van der Waals surface area contributed by atoms with Crippen LogP contribution in [0.25, 0.3) is 10.9 Å². The van der Waals surface area contributed by atoms with Crippen LogP contribution in [0.3, 0.4) is 0 Å². The average Bonchev–Trinajstić information content (AvgIpc) is 2.62. The third-order valence-corrected chi connectivity index (χ3v) is 6.66. The monoisotopic (exact) mass is 390 g/mol. The van der Waals surface area contributed by atoms with Crippen LogP contribution in [0, 0.1) is 0 Å². The minimum atomic E-state index is -3.50. The van der Waals surface area contributed by atoms with Crippen molar-refractivity contribution in [3.05, 3.63) is 58.8 Å². The minimum absolute atomic E-state index is 0.136. The number of pyridine rings is 1. The van der Waals surface area contributed by atoms with Crippen LogP contribution < -0.4 is 5.56 Å². The Morgan fingerprint density at radius 3 is 2.54 bits per heavy atom. The highest BCUT2D eigenvalue weighted by atomic mass is 32.2. The molecule has 3 rings (SSSR count). The lowest BCUT2D eigenvalue weighted by atomic mass is 10.2. The molecule has 0 spiro atoms. The summed E-state index contributed by atoms with van der Waals surface area (Å²) in [6, 6.07) is 10.3. The maximum absolute atomic E-state index is 12.2. The molecule has 0 aliphatic heterocycles. The second kappa shape index (κ2) is 7.18. The van der Waals surface area contributed by atoms with Crippen LogP contribution in [-0.2, 0) is 10.0 Å². The molecular formula is C17H18N4O3S2. The van der Waals surface area contributed by atoms with Crippen LogP contribution in [0.5, 0.6) is 0 Å². The minimum Gasteiger partial charge on any atom is -0.309 e. The van der Waals surface area contributed by atoms with E-state index in [1.807, 2.05) is 13.0 Å². The number of fused-ring (bicyclic) bond motifs is 1. The molecule has 0 saturated carbocycles. The highest BCUT2D eigenvalue weighted by molar-refractivity contribution is 7.99. The van der Waals surface area contributed by atoms with E-state index in [9.17, 15) is 13.2 Å². The molecule has 0 aliphatic rings. The number of aromatic amines is 1. The topological polar surface area (TPSA) is 96.0 Å². The van der Waals surface area contributed by atoms with Crippen LogP contribution in [0.1, 0.15) is 18.0 Å². The number of sulfonamides is 1. The van der Waals surface area contributed by atoms with Gasteiger partial charge in [-0.1, -0.05) is 23.9 Å². The van der Waals surface area contributed by atoms with E-state index >= 15 is 0 Å². The van der Waals surface area contributed by atoms with Gasteiger partial charge in [0.05, 0.1) is 21.2 Å². The van der Waals surface area contributed by atoms with E-state index in [1.165, 1.54) is 38.1 Å². The summed E-state index contributed by atoms with van der Waals surface area (Å²) in [5.41, 5.74) is 0.456. The van der Waals surface area contributed by atoms with Crippen molar-refractivity contribution in [2.45, 2.75) is 22.1 Å². The van der Waals surface area contributed by atoms with Crippen molar-refractivity contribution in [1.29, 1.82) is 0 Å². The Balaban J connectivity index is 1.84. The molecule has 7 nitrogen and oxygen atoms in total. The zero-order valence-corrected chi connectivity index (χ0v) is 16.1. The van der Waals surface area contributed by atoms with Crippen molar-refractivity contribution in [2.75, 3.05) is 14.1 Å². The largest absolute Gasteiger partial charge is 0.309 e. The Kier molecular flexibility index (Phi) is 5.12. The predicted molar refractivity (Wildman–Crippen MR) is 102 cm³/mol. The fraction of sp³-hybridized carbons (Fsp3) is 0.235. The first-order chi connectivity index (χ1) is 12.3. The number of thioether (sulfide) groups is 1. The van der Waals surface area contributed by atoms with Gasteiger partial charge in [-0.15, -0.1) is 0 Å². The van der Waals surface area contributed by atoms with Crippen LogP contribution in [0.2, 0.25) is 0 Å². The summed E-state index contributed by atoms with van der Waals surface area (Å²) in [7, 11) is -0.554. The molecule has 1 unspecified atom stereocenters. The number of nitrogens with one attached hydrogen (secondary N) is 1. The lowest BCUT2D eigenvalue weighted by molar-refractivity contribution is 0.520. The van der Waals surface area contributed by atoms with Gasteiger partial charge in [-0.3, -0.25) is 4.79 Å². The summed E-state index contributed by atoms with van der Waals surface area (Å²) in [5, 5.41) is 1.03. The summed E-state index contributed by atoms with van der Waals surface area (Å²) < 4.78 is 25.3. The Hall–Kier alpha value is -2.23. The highest BCUT2D eigenvalue weighted by Gasteiger charge is 2.18. The standard InChI is InChI=1S/C17H18N4O3S2/c1-11(16-19-14-7-5-4-6-13(14)17(22)20-16)25-15-9-8-12(10-18-15)26(23,24)21(2)3/h4-11H,1-3H3,(H,19,20,22). The zero-order valence-electron chi connectivity index (χ0n) is 14.5. The lowest BCUT2D eigenvalue weighted by Gasteiger charge is -2.13. The smallest absolute Gasteiger partial charge is 0.258 e. The molecule has 1 N–H and O–H groups in total. The first-order valence-electron chi connectivity index (χ1n) is 7.83. The molecule has 9 heteroatoms. The van der Waals surface area contributed by atoms with Crippen molar-refractivity contribution < 1.29 is 8.42 Å². The Morgan fingerprint density at radius 2 is 1.88 bits per heavy atom. The second-order valence-corrected chi connectivity index (χ2v) is 9.36. The lowest BCUT2D eigenvalue weighted by Crippen LogP contribution is -2.22. The average molecular weight is 390 g/mol. The number of H-pyrrole nitrogens is 1. The summed E-state index contributed by atoms with van der Waals surface area (Å²) in [6.45, 7) is 1.91. The Bertz CT molecular complexity index is 1090. The number of rotatable bonds is 5. The molecule has 136 valence electrons. The van der Waals surface area contributed by atoms with Gasteiger partial charge in [0, 0.05) is 20.3 Å². The van der Waals surface area contributed by atoms with Crippen molar-refractivity contribution >= 4 is 32.7 Å². The molecule has 0 aliphatic carbocycles. The Labute approximate surface area is 155 Å². The third-order valence-electron chi connectivity index (χ3n) is 3.80. The van der Waals surface area contributed by atoms with Gasteiger partial charge in [0.1, 0.15) is 10.7 Å². The number of para-hydroxylation sites is 1. The van der Waals surface area contributed by atoms with E-state index in [0.717, 1.165) is 4.31 Å². The van der Waals surface area contributed by atoms with E-state index in [2.05, 4.69) is 15.0 Å². The summed E-state index contributed by atoms with van der Waals surface area (Å²) in [4.78, 5) is 23.8. The van der Waals surface area contributed by atoms with Crippen LogP contribution in [0.15, 0.2) is 57.3 Å². The summed E-state index contributed by atoms with van der Waals surface area (Å²) in [6.07, 6.45) is 1.33. The van der Waals surface area contributed by atoms with E-state index < -0.39 is 10.0 Å². The predicted octanol–water partition coefficient (Wildman–Crippen LogP) is 2.42. The van der Waals surface area contributed by atoms with Gasteiger partial charge >= 0.3 is 0 Å². The van der Waals surface area contributed by atoms with Gasteiger partial charge in [0.25, 0.3) is 5.56 Å². The molecule has 1 aromatic carbocycles. The van der Waals surface area contributed by atoms with E-state index in [4.69, 9.17) is 0 Å². The molecule has 1 atom stereocenters. The first-order valence-corrected chi connectivity index (χ1v) is 10.1. The van der Waals surface area contributed by atoms with E-state index in [0.29, 0.717) is 21.8 Å². The first kappa shape index (κ1) is 18.6. The fourth-order valence-electron chi connectivity index (χ4n) is 2.33. The van der Waals surface area contributed by atoms with Crippen molar-refractivity contribution in [2.24, 2.45) is 0 Å². The molecule has 26 heavy (non-hydrogen) atoms. The van der Waals surface area contributed by atoms with Crippen molar-refractivity contribution in [1.82, 2.24) is 19.3 Å². The number of hydrogen-bond donors (Lipinski definition) is 1. The number of aromatic nitrogens is 3. The van der Waals surface area contributed by atoms with Crippen LogP contribution in [0.4, 0.5) is 0 Å². The molecule has 0 bridgehead atoms. The SMILES string of the molecule is CC(Sc1ccc(S(=O)(=O)N(C)C)cn1)c1nc2ccccc2c(=O)[nH]1. The number of nitrogens with zero attached hydrogens (tertiary/aromatic N) is 3. The third kappa shape index (κ3) is 3.64. The molecular weight excluding hydrogens is 372 g/mol. The molecule has 2 heterocycles. The van der Waals surface area contributed by atoms with Gasteiger partial charge in [-0.2, -0.15) is 0 Å². The van der Waals surface area contributed by atoms with Crippen molar-refractivity contribution in [3.8, 4) is 0 Å². The van der Waals surface area contributed by atoms with E-state index in [1.54, 1.807) is 24.3 Å². The number of hydrogen-bond acceptors (Lipinski definition) is 6. The van der Waals surface area contributed by atoms with Gasteiger partial charge in [0.2, 0.25) is 10.0 Å². The summed E-state index contributed by atoms with van der Waals surface area (Å²) in [5.74, 6) is 0.547. The van der Waals surface area contributed by atoms with Gasteiger partial charge in [0.15, 0.2) is 0 Å². The number of benzene rings is 1. The highest BCUT2D eigenvalue weighted by Crippen LogP contribution is 2.32. The maximum Gasteiger partial charge on any atom is 0.258 e. The van der Waals surface area contributed by atoms with Gasteiger partial charge in [-0.05, 0) is 31.2 Å². The molecule has 3 aromatic rings. The zero-order chi connectivity index (χ0) is 18.9. The Morgan fingerprint density at radius 1 is 1.15 bits per heavy atom. The molecule has 0 fully saturated rings. The van der Waals surface area contributed by atoms with Crippen LogP contribution >= 0.6 is 11.8 Å². The normalized spacial score (nSPS) is 13.2.